The first kappa shape index (κ1) is 19.3. The van der Waals surface area contributed by atoms with Crippen molar-refractivity contribution in [2.24, 2.45) is 11.3 Å². The fourth-order valence-corrected chi connectivity index (χ4v) is 1.75. The van der Waals surface area contributed by atoms with Crippen molar-refractivity contribution in [3.63, 3.8) is 0 Å². The van der Waals surface area contributed by atoms with Crippen LogP contribution in [0.15, 0.2) is 0 Å². The van der Waals surface area contributed by atoms with Crippen molar-refractivity contribution in [2.45, 2.75) is 67.2 Å². The number of nitrogens with one attached hydrogen (secondary N) is 1. The molecule has 106 valence electrons. The Bertz CT molecular complexity index is 151. The fourth-order valence-electron chi connectivity index (χ4n) is 1.75. The van der Waals surface area contributed by atoms with E-state index in [4.69, 9.17) is 5.11 Å². The van der Waals surface area contributed by atoms with Crippen molar-refractivity contribution in [3.05, 3.63) is 0 Å². The molecule has 0 aromatic heterocycles. The minimum absolute atomic E-state index is 0. The lowest BCUT2D eigenvalue weighted by atomic mass is 9.97. The van der Waals surface area contributed by atoms with E-state index in [1.165, 1.54) is 25.7 Å². The predicted octanol–water partition coefficient (Wildman–Crippen LogP) is 3.84. The molecule has 2 nitrogen and oxygen atoms in total. The standard InChI is InChI=1S/C14H31NO.CH4/c1-13(9-11-16)8-6-5-7-10-15-12-14(2,3)4;/h13,15-16H,5-12H2,1-4H3;1H4. The first-order chi connectivity index (χ1) is 7.45. The second-order valence-electron chi connectivity index (χ2n) is 6.20. The van der Waals surface area contributed by atoms with Gasteiger partial charge in [0.25, 0.3) is 0 Å². The summed E-state index contributed by atoms with van der Waals surface area (Å²) in [4.78, 5) is 0. The molecule has 0 aliphatic rings. The SMILES string of the molecule is C.CC(CCO)CCCCCNCC(C)(C)C. The second kappa shape index (κ2) is 11.0. The molecule has 17 heavy (non-hydrogen) atoms. The zero-order chi connectivity index (χ0) is 12.4. The molecule has 0 saturated heterocycles. The Kier molecular flexibility index (Phi) is 12.5. The van der Waals surface area contributed by atoms with Crippen LogP contribution in [0.5, 0.6) is 0 Å². The molecule has 0 aromatic carbocycles. The third-order valence-electron chi connectivity index (χ3n) is 2.83. The molecule has 0 rings (SSSR count). The van der Waals surface area contributed by atoms with Crippen molar-refractivity contribution in [1.82, 2.24) is 5.32 Å². The van der Waals surface area contributed by atoms with E-state index in [1.807, 2.05) is 0 Å². The summed E-state index contributed by atoms with van der Waals surface area (Å²) in [6, 6.07) is 0. The third kappa shape index (κ3) is 15.9. The molecule has 2 heteroatoms. The molecule has 0 radical (unpaired) electrons. The lowest BCUT2D eigenvalue weighted by Crippen LogP contribution is -2.27. The highest BCUT2D eigenvalue weighted by molar-refractivity contribution is 4.64. The zero-order valence-corrected chi connectivity index (χ0v) is 11.7. The summed E-state index contributed by atoms with van der Waals surface area (Å²) in [6.45, 7) is 11.6. The summed E-state index contributed by atoms with van der Waals surface area (Å²) < 4.78 is 0. The molecule has 1 unspecified atom stereocenters. The number of aliphatic hydroxyl groups is 1. The zero-order valence-electron chi connectivity index (χ0n) is 11.7. The number of hydrogen-bond acceptors (Lipinski definition) is 2. The van der Waals surface area contributed by atoms with E-state index in [0.29, 0.717) is 17.9 Å². The maximum absolute atomic E-state index is 8.78. The number of aliphatic hydroxyl groups excluding tert-OH is 1. The number of unbranched alkanes of at least 4 members (excludes halogenated alkanes) is 2. The van der Waals surface area contributed by atoms with Gasteiger partial charge in [0.2, 0.25) is 0 Å². The van der Waals surface area contributed by atoms with Gasteiger partial charge in [-0.15, -0.1) is 0 Å². The van der Waals surface area contributed by atoms with Crippen molar-refractivity contribution in [3.8, 4) is 0 Å². The molecule has 2 N–H and O–H groups in total. The van der Waals surface area contributed by atoms with E-state index < -0.39 is 0 Å². The van der Waals surface area contributed by atoms with Crippen LogP contribution in [-0.4, -0.2) is 24.8 Å². The van der Waals surface area contributed by atoms with Crippen LogP contribution in [0, 0.1) is 11.3 Å². The Morgan fingerprint density at radius 1 is 1.06 bits per heavy atom. The molecule has 0 aliphatic carbocycles. The summed E-state index contributed by atoms with van der Waals surface area (Å²) >= 11 is 0. The van der Waals surface area contributed by atoms with Crippen molar-refractivity contribution in [1.29, 1.82) is 0 Å². The van der Waals surface area contributed by atoms with E-state index in [-0.39, 0.29) is 7.43 Å². The van der Waals surface area contributed by atoms with E-state index in [2.05, 4.69) is 33.0 Å². The van der Waals surface area contributed by atoms with Crippen LogP contribution in [-0.2, 0) is 0 Å². The summed E-state index contributed by atoms with van der Waals surface area (Å²) in [7, 11) is 0. The average Bonchev–Trinajstić information content (AvgIpc) is 2.15. The molecule has 1 atom stereocenters. The van der Waals surface area contributed by atoms with Gasteiger partial charge in [0.1, 0.15) is 0 Å². The average molecular weight is 245 g/mol. The molecule has 0 saturated carbocycles. The van der Waals surface area contributed by atoms with Gasteiger partial charge < -0.3 is 10.4 Å². The summed E-state index contributed by atoms with van der Waals surface area (Å²) in [5.41, 5.74) is 0.398. The largest absolute Gasteiger partial charge is 0.396 e. The van der Waals surface area contributed by atoms with Crippen LogP contribution in [0.4, 0.5) is 0 Å². The van der Waals surface area contributed by atoms with E-state index in [0.717, 1.165) is 19.5 Å². The van der Waals surface area contributed by atoms with Gasteiger partial charge in [0, 0.05) is 6.61 Å². The van der Waals surface area contributed by atoms with Gasteiger partial charge in [-0.2, -0.15) is 0 Å². The van der Waals surface area contributed by atoms with Crippen molar-refractivity contribution in [2.75, 3.05) is 19.7 Å². The van der Waals surface area contributed by atoms with Gasteiger partial charge in [-0.1, -0.05) is 54.4 Å². The monoisotopic (exact) mass is 245 g/mol. The first-order valence-corrected chi connectivity index (χ1v) is 6.77. The molecule has 0 aliphatic heterocycles. The van der Waals surface area contributed by atoms with Crippen LogP contribution in [0.1, 0.15) is 67.2 Å². The highest BCUT2D eigenvalue weighted by Gasteiger charge is 2.08. The molecule has 0 spiro atoms. The van der Waals surface area contributed by atoms with Crippen LogP contribution in [0.3, 0.4) is 0 Å². The highest BCUT2D eigenvalue weighted by atomic mass is 16.3. The maximum atomic E-state index is 8.78. The Morgan fingerprint density at radius 3 is 2.24 bits per heavy atom. The van der Waals surface area contributed by atoms with Gasteiger partial charge in [0.05, 0.1) is 0 Å². The Hall–Kier alpha value is -0.0800. The second-order valence-corrected chi connectivity index (χ2v) is 6.20. The molecule has 0 aromatic rings. The molecule has 0 amide bonds. The predicted molar refractivity (Wildman–Crippen MR) is 78.4 cm³/mol. The summed E-state index contributed by atoms with van der Waals surface area (Å²) in [5, 5.41) is 12.3. The van der Waals surface area contributed by atoms with E-state index in [1.54, 1.807) is 0 Å². The normalized spacial score (nSPS) is 13.2. The van der Waals surface area contributed by atoms with Crippen LogP contribution >= 0.6 is 0 Å². The first-order valence-electron chi connectivity index (χ1n) is 6.77. The van der Waals surface area contributed by atoms with Gasteiger partial charge in [0.15, 0.2) is 0 Å². The molecular formula is C15H35NO. The topological polar surface area (TPSA) is 32.3 Å². The lowest BCUT2D eigenvalue weighted by molar-refractivity contribution is 0.256. The van der Waals surface area contributed by atoms with E-state index in [9.17, 15) is 0 Å². The minimum Gasteiger partial charge on any atom is -0.396 e. The van der Waals surface area contributed by atoms with Crippen LogP contribution in [0.25, 0.3) is 0 Å². The third-order valence-corrected chi connectivity index (χ3v) is 2.83. The van der Waals surface area contributed by atoms with Gasteiger partial charge >= 0.3 is 0 Å². The van der Waals surface area contributed by atoms with Crippen molar-refractivity contribution < 1.29 is 5.11 Å². The van der Waals surface area contributed by atoms with Crippen LogP contribution in [0.2, 0.25) is 0 Å². The Balaban J connectivity index is 0. The molecule has 0 bridgehead atoms. The molecule has 0 heterocycles. The summed E-state index contributed by atoms with van der Waals surface area (Å²) in [5.74, 6) is 0.688. The van der Waals surface area contributed by atoms with Gasteiger partial charge in [-0.3, -0.25) is 0 Å². The maximum Gasteiger partial charge on any atom is 0.0433 e. The quantitative estimate of drug-likeness (QED) is 0.605. The number of hydrogen-bond donors (Lipinski definition) is 2. The van der Waals surface area contributed by atoms with Gasteiger partial charge in [-0.25, -0.2) is 0 Å². The lowest BCUT2D eigenvalue weighted by Gasteiger charge is -2.18. The minimum atomic E-state index is 0. The molecule has 0 fully saturated rings. The van der Waals surface area contributed by atoms with Gasteiger partial charge in [-0.05, 0) is 37.3 Å². The Labute approximate surface area is 109 Å². The van der Waals surface area contributed by atoms with Crippen LogP contribution < -0.4 is 5.32 Å². The highest BCUT2D eigenvalue weighted by Crippen LogP contribution is 2.12. The summed E-state index contributed by atoms with van der Waals surface area (Å²) in [6.07, 6.45) is 6.12. The van der Waals surface area contributed by atoms with E-state index >= 15 is 0 Å². The number of rotatable bonds is 9. The smallest absolute Gasteiger partial charge is 0.0433 e. The fraction of sp³-hybridized carbons (Fsp3) is 1.00. The Morgan fingerprint density at radius 2 is 1.71 bits per heavy atom. The molecular weight excluding hydrogens is 210 g/mol. The van der Waals surface area contributed by atoms with Crippen molar-refractivity contribution >= 4 is 0 Å².